The Hall–Kier alpha value is -2.62. The van der Waals surface area contributed by atoms with Crippen LogP contribution in [0, 0.1) is 0 Å². The first-order valence-corrected chi connectivity index (χ1v) is 6.28. The van der Waals surface area contributed by atoms with E-state index < -0.39 is 0 Å². The smallest absolute Gasteiger partial charge is 0.151 e. The first-order valence-electron chi connectivity index (χ1n) is 6.28. The standard InChI is InChI=1S/C16H14N2O2/c1-18-9-13(12-5-3-4-6-15(12)20-2)16-14(18)7-11(10-19)8-17-16/h3-10H,1-2H3. The number of aryl methyl sites for hydroxylation is 1. The van der Waals surface area contributed by atoms with Gasteiger partial charge in [-0.05, 0) is 12.1 Å². The number of aromatic nitrogens is 2. The van der Waals surface area contributed by atoms with Crippen molar-refractivity contribution in [1.82, 2.24) is 9.55 Å². The molecule has 4 nitrogen and oxygen atoms in total. The third-order valence-corrected chi connectivity index (χ3v) is 3.38. The summed E-state index contributed by atoms with van der Waals surface area (Å²) in [6.07, 6.45) is 4.40. The molecule has 4 heteroatoms. The van der Waals surface area contributed by atoms with E-state index in [0.717, 1.165) is 34.2 Å². The summed E-state index contributed by atoms with van der Waals surface area (Å²) in [6.45, 7) is 0. The number of carbonyl (C=O) groups is 1. The van der Waals surface area contributed by atoms with Gasteiger partial charge in [-0.25, -0.2) is 0 Å². The summed E-state index contributed by atoms with van der Waals surface area (Å²) in [5.41, 5.74) is 4.35. The van der Waals surface area contributed by atoms with E-state index >= 15 is 0 Å². The summed E-state index contributed by atoms with van der Waals surface area (Å²) in [7, 11) is 3.60. The number of ether oxygens (including phenoxy) is 1. The van der Waals surface area contributed by atoms with E-state index in [1.807, 2.05) is 48.1 Å². The molecule has 2 aromatic heterocycles. The van der Waals surface area contributed by atoms with Crippen molar-refractivity contribution in [2.75, 3.05) is 7.11 Å². The van der Waals surface area contributed by atoms with Crippen LogP contribution < -0.4 is 4.74 Å². The number of aldehydes is 1. The minimum absolute atomic E-state index is 0.574. The highest BCUT2D eigenvalue weighted by Crippen LogP contribution is 2.34. The molecule has 3 rings (SSSR count). The number of hydrogen-bond acceptors (Lipinski definition) is 3. The van der Waals surface area contributed by atoms with E-state index in [-0.39, 0.29) is 0 Å². The lowest BCUT2D eigenvalue weighted by atomic mass is 10.1. The second kappa shape index (κ2) is 4.81. The van der Waals surface area contributed by atoms with Gasteiger partial charge in [0.2, 0.25) is 0 Å². The van der Waals surface area contributed by atoms with Crippen LogP contribution in [0.2, 0.25) is 0 Å². The lowest BCUT2D eigenvalue weighted by Gasteiger charge is -2.06. The highest BCUT2D eigenvalue weighted by atomic mass is 16.5. The van der Waals surface area contributed by atoms with Crippen LogP contribution in [0.3, 0.4) is 0 Å². The monoisotopic (exact) mass is 266 g/mol. The van der Waals surface area contributed by atoms with Crippen molar-refractivity contribution in [2.24, 2.45) is 7.05 Å². The van der Waals surface area contributed by atoms with Crippen LogP contribution >= 0.6 is 0 Å². The molecule has 20 heavy (non-hydrogen) atoms. The summed E-state index contributed by atoms with van der Waals surface area (Å²) in [5, 5.41) is 0. The number of nitrogens with zero attached hydrogens (tertiary/aromatic N) is 2. The van der Waals surface area contributed by atoms with Gasteiger partial charge in [0, 0.05) is 36.1 Å². The van der Waals surface area contributed by atoms with Gasteiger partial charge in [0.15, 0.2) is 6.29 Å². The third kappa shape index (κ3) is 1.86. The Morgan fingerprint density at radius 3 is 2.80 bits per heavy atom. The van der Waals surface area contributed by atoms with Crippen molar-refractivity contribution in [3.8, 4) is 16.9 Å². The Balaban J connectivity index is 2.29. The molecule has 100 valence electrons. The predicted octanol–water partition coefficient (Wildman–Crippen LogP) is 3.06. The number of benzene rings is 1. The van der Waals surface area contributed by atoms with E-state index in [2.05, 4.69) is 4.98 Å². The van der Waals surface area contributed by atoms with Crippen molar-refractivity contribution in [2.45, 2.75) is 0 Å². The minimum Gasteiger partial charge on any atom is -0.496 e. The molecule has 0 radical (unpaired) electrons. The highest BCUT2D eigenvalue weighted by Gasteiger charge is 2.13. The number of hydrogen-bond donors (Lipinski definition) is 0. The molecule has 0 unspecified atom stereocenters. The fraction of sp³-hybridized carbons (Fsp3) is 0.125. The second-order valence-electron chi connectivity index (χ2n) is 4.61. The highest BCUT2D eigenvalue weighted by molar-refractivity contribution is 5.96. The Bertz CT molecular complexity index is 790. The number of methoxy groups -OCH3 is 1. The molecule has 0 aliphatic carbocycles. The van der Waals surface area contributed by atoms with Crippen LogP contribution in [0.4, 0.5) is 0 Å². The van der Waals surface area contributed by atoms with Gasteiger partial charge >= 0.3 is 0 Å². The molecular formula is C16H14N2O2. The Labute approximate surface area is 116 Å². The minimum atomic E-state index is 0.574. The van der Waals surface area contributed by atoms with Gasteiger partial charge in [-0.15, -0.1) is 0 Å². The summed E-state index contributed by atoms with van der Waals surface area (Å²) >= 11 is 0. The van der Waals surface area contributed by atoms with Crippen LogP contribution in [-0.2, 0) is 7.05 Å². The maximum absolute atomic E-state index is 10.9. The van der Waals surface area contributed by atoms with Crippen LogP contribution in [0.25, 0.3) is 22.2 Å². The van der Waals surface area contributed by atoms with Gasteiger partial charge in [-0.1, -0.05) is 18.2 Å². The molecule has 0 atom stereocenters. The molecule has 1 aromatic carbocycles. The Kier molecular flexibility index (Phi) is 2.99. The lowest BCUT2D eigenvalue weighted by molar-refractivity contribution is 0.112. The van der Waals surface area contributed by atoms with Crippen LogP contribution in [-0.4, -0.2) is 22.9 Å². The predicted molar refractivity (Wildman–Crippen MR) is 78.1 cm³/mol. The molecule has 2 heterocycles. The van der Waals surface area contributed by atoms with Gasteiger partial charge in [0.1, 0.15) is 5.75 Å². The number of pyridine rings is 1. The largest absolute Gasteiger partial charge is 0.496 e. The molecule has 0 saturated carbocycles. The van der Waals surface area contributed by atoms with Gasteiger partial charge in [0.05, 0.1) is 18.1 Å². The zero-order valence-electron chi connectivity index (χ0n) is 11.3. The number of rotatable bonds is 3. The topological polar surface area (TPSA) is 44.1 Å². The fourth-order valence-electron chi connectivity index (χ4n) is 2.40. The first-order chi connectivity index (χ1) is 9.74. The zero-order chi connectivity index (χ0) is 14.1. The fourth-order valence-corrected chi connectivity index (χ4v) is 2.40. The van der Waals surface area contributed by atoms with Gasteiger partial charge in [0.25, 0.3) is 0 Å². The Morgan fingerprint density at radius 1 is 1.25 bits per heavy atom. The normalized spacial score (nSPS) is 10.7. The summed E-state index contributed by atoms with van der Waals surface area (Å²) < 4.78 is 7.38. The molecule has 0 aliphatic rings. The van der Waals surface area contributed by atoms with E-state index in [1.165, 1.54) is 0 Å². The maximum Gasteiger partial charge on any atom is 0.151 e. The maximum atomic E-state index is 10.9. The van der Waals surface area contributed by atoms with Crippen molar-refractivity contribution in [3.63, 3.8) is 0 Å². The van der Waals surface area contributed by atoms with E-state index in [1.54, 1.807) is 13.3 Å². The molecule has 0 spiro atoms. The average Bonchev–Trinajstić information content (AvgIpc) is 2.83. The van der Waals surface area contributed by atoms with Gasteiger partial charge in [-0.2, -0.15) is 0 Å². The molecular weight excluding hydrogens is 252 g/mol. The molecule has 0 aliphatic heterocycles. The second-order valence-corrected chi connectivity index (χ2v) is 4.61. The summed E-state index contributed by atoms with van der Waals surface area (Å²) in [5.74, 6) is 0.807. The SMILES string of the molecule is COc1ccccc1-c1cn(C)c2cc(C=O)cnc12. The zero-order valence-corrected chi connectivity index (χ0v) is 11.3. The average molecular weight is 266 g/mol. The van der Waals surface area contributed by atoms with Crippen LogP contribution in [0.5, 0.6) is 5.75 Å². The van der Waals surface area contributed by atoms with E-state index in [4.69, 9.17) is 4.74 Å². The van der Waals surface area contributed by atoms with Crippen molar-refractivity contribution >= 4 is 17.3 Å². The third-order valence-electron chi connectivity index (χ3n) is 3.38. The molecule has 3 aromatic rings. The van der Waals surface area contributed by atoms with Crippen molar-refractivity contribution < 1.29 is 9.53 Å². The van der Waals surface area contributed by atoms with E-state index in [0.29, 0.717) is 5.56 Å². The first kappa shape index (κ1) is 12.4. The quantitative estimate of drug-likeness (QED) is 0.684. The molecule has 0 saturated heterocycles. The molecule has 0 fully saturated rings. The number of carbonyl (C=O) groups excluding carboxylic acids is 1. The Morgan fingerprint density at radius 2 is 2.05 bits per heavy atom. The summed E-state index contributed by atoms with van der Waals surface area (Å²) in [6, 6.07) is 9.67. The number of para-hydroxylation sites is 1. The van der Waals surface area contributed by atoms with Crippen molar-refractivity contribution in [3.05, 3.63) is 48.3 Å². The van der Waals surface area contributed by atoms with Crippen molar-refractivity contribution in [1.29, 1.82) is 0 Å². The van der Waals surface area contributed by atoms with Gasteiger partial charge in [-0.3, -0.25) is 9.78 Å². The molecule has 0 bridgehead atoms. The molecule has 0 amide bonds. The lowest BCUT2D eigenvalue weighted by Crippen LogP contribution is -1.88. The summed E-state index contributed by atoms with van der Waals surface area (Å²) in [4.78, 5) is 15.3. The van der Waals surface area contributed by atoms with Crippen LogP contribution in [0.15, 0.2) is 42.7 Å². The molecule has 0 N–H and O–H groups in total. The van der Waals surface area contributed by atoms with E-state index in [9.17, 15) is 4.79 Å². The van der Waals surface area contributed by atoms with Gasteiger partial charge < -0.3 is 9.30 Å². The van der Waals surface area contributed by atoms with Crippen LogP contribution in [0.1, 0.15) is 10.4 Å². The number of fused-ring (bicyclic) bond motifs is 1.